The van der Waals surface area contributed by atoms with E-state index in [2.05, 4.69) is 15.4 Å². The van der Waals surface area contributed by atoms with E-state index in [1.165, 1.54) is 10.1 Å². The van der Waals surface area contributed by atoms with Gasteiger partial charge in [-0.1, -0.05) is 25.1 Å². The molecule has 0 atom stereocenters. The number of pyridine rings is 1. The molecule has 1 fully saturated rings. The van der Waals surface area contributed by atoms with Gasteiger partial charge < -0.3 is 15.2 Å². The molecule has 1 aliphatic rings. The molecule has 7 heteroatoms. The number of rotatable bonds is 6. The van der Waals surface area contributed by atoms with Gasteiger partial charge in [-0.05, 0) is 44.2 Å². The highest BCUT2D eigenvalue weighted by Gasteiger charge is 2.25. The molecule has 0 bridgehead atoms. The maximum Gasteiger partial charge on any atom is 0.274 e. The summed E-state index contributed by atoms with van der Waals surface area (Å²) in [7, 11) is 0. The number of hydrogen-bond donors (Lipinski definition) is 2. The van der Waals surface area contributed by atoms with E-state index in [0.717, 1.165) is 36.0 Å². The lowest BCUT2D eigenvalue weighted by Crippen LogP contribution is -2.28. The first-order valence-electron chi connectivity index (χ1n) is 9.66. The summed E-state index contributed by atoms with van der Waals surface area (Å²) >= 11 is 0. The standard InChI is InChI=1S/C21H24N4O3/c1-4-13-7-6-8-15-17(13)20-23-12(3)24-25(20)18(19(15)26)21(27)22-11-16(28-5-2)14-9-10-14/h6-8,26H,4-5,9-11H2,1-3H3,(H,22,27). The number of aromatic nitrogens is 3. The highest BCUT2D eigenvalue weighted by atomic mass is 16.5. The highest BCUT2D eigenvalue weighted by Crippen LogP contribution is 2.34. The summed E-state index contributed by atoms with van der Waals surface area (Å²) in [6.07, 6.45) is 2.81. The van der Waals surface area contributed by atoms with Crippen LogP contribution in [0.5, 0.6) is 5.75 Å². The monoisotopic (exact) mass is 380 g/mol. The third-order valence-corrected chi connectivity index (χ3v) is 5.00. The summed E-state index contributed by atoms with van der Waals surface area (Å²) in [6.45, 7) is 6.60. The third-order valence-electron chi connectivity index (χ3n) is 5.00. The molecule has 2 N–H and O–H groups in total. The summed E-state index contributed by atoms with van der Waals surface area (Å²) < 4.78 is 7.09. The van der Waals surface area contributed by atoms with Crippen LogP contribution in [0.25, 0.3) is 16.4 Å². The molecule has 0 saturated heterocycles. The Balaban J connectivity index is 1.81. The number of carbonyl (C=O) groups is 1. The van der Waals surface area contributed by atoms with Crippen LogP contribution in [0, 0.1) is 6.92 Å². The maximum absolute atomic E-state index is 13.0. The number of carbonyl (C=O) groups excluding carboxylic acids is 1. The first-order chi connectivity index (χ1) is 13.5. The van der Waals surface area contributed by atoms with Crippen molar-refractivity contribution in [1.82, 2.24) is 19.9 Å². The van der Waals surface area contributed by atoms with Crippen molar-refractivity contribution in [3.63, 3.8) is 0 Å². The first-order valence-corrected chi connectivity index (χ1v) is 9.66. The maximum atomic E-state index is 13.0. The number of nitrogens with zero attached hydrogens (tertiary/aromatic N) is 3. The van der Waals surface area contributed by atoms with Crippen LogP contribution in [0.2, 0.25) is 0 Å². The van der Waals surface area contributed by atoms with Crippen molar-refractivity contribution in [3.05, 3.63) is 46.6 Å². The molecule has 2 heterocycles. The number of amides is 1. The molecule has 1 aromatic carbocycles. The van der Waals surface area contributed by atoms with Gasteiger partial charge in [-0.2, -0.15) is 5.10 Å². The van der Waals surface area contributed by atoms with Gasteiger partial charge in [0.1, 0.15) is 11.6 Å². The summed E-state index contributed by atoms with van der Waals surface area (Å²) in [6, 6.07) is 5.69. The minimum Gasteiger partial charge on any atom is -0.505 e. The van der Waals surface area contributed by atoms with Crippen molar-refractivity contribution in [1.29, 1.82) is 0 Å². The molecule has 1 aliphatic carbocycles. The smallest absolute Gasteiger partial charge is 0.274 e. The molecule has 1 amide bonds. The third kappa shape index (κ3) is 3.06. The van der Waals surface area contributed by atoms with E-state index in [1.807, 2.05) is 32.0 Å². The van der Waals surface area contributed by atoms with Crippen LogP contribution in [-0.2, 0) is 11.2 Å². The second kappa shape index (κ2) is 7.14. The Morgan fingerprint density at radius 1 is 1.32 bits per heavy atom. The Labute approximate surface area is 163 Å². The van der Waals surface area contributed by atoms with E-state index in [-0.39, 0.29) is 11.4 Å². The minimum atomic E-state index is -0.408. The quantitative estimate of drug-likeness (QED) is 0.641. The van der Waals surface area contributed by atoms with Crippen molar-refractivity contribution in [2.75, 3.05) is 13.2 Å². The second-order valence-corrected chi connectivity index (χ2v) is 6.93. The van der Waals surface area contributed by atoms with Crippen molar-refractivity contribution in [2.45, 2.75) is 40.0 Å². The van der Waals surface area contributed by atoms with Crippen LogP contribution in [0.15, 0.2) is 29.5 Å². The highest BCUT2D eigenvalue weighted by molar-refractivity contribution is 6.07. The average Bonchev–Trinajstić information content (AvgIpc) is 3.46. The molecule has 2 aromatic heterocycles. The second-order valence-electron chi connectivity index (χ2n) is 6.93. The Kier molecular flexibility index (Phi) is 4.66. The molecule has 0 unspecified atom stereocenters. The van der Waals surface area contributed by atoms with Crippen molar-refractivity contribution in [2.24, 2.45) is 0 Å². The summed E-state index contributed by atoms with van der Waals surface area (Å²) in [5, 5.41) is 19.6. The number of aromatic hydroxyl groups is 1. The SMILES string of the molecule is CCOC(CNC(=O)c1c(O)c2cccc(CC)c2c2nc(C)nn12)=C1CC1. The largest absolute Gasteiger partial charge is 0.505 e. The predicted octanol–water partition coefficient (Wildman–Crippen LogP) is 3.27. The predicted molar refractivity (Wildman–Crippen MR) is 106 cm³/mol. The molecule has 0 radical (unpaired) electrons. The van der Waals surface area contributed by atoms with Crippen LogP contribution in [0.1, 0.15) is 48.6 Å². The normalized spacial score (nSPS) is 13.2. The number of benzene rings is 1. The summed E-state index contributed by atoms with van der Waals surface area (Å²) in [5.74, 6) is 0.865. The molecule has 7 nitrogen and oxygen atoms in total. The fraction of sp³-hybridized carbons (Fsp3) is 0.381. The number of fused-ring (bicyclic) bond motifs is 3. The summed E-state index contributed by atoms with van der Waals surface area (Å²) in [4.78, 5) is 17.5. The van der Waals surface area contributed by atoms with E-state index in [9.17, 15) is 9.90 Å². The molecule has 3 aromatic rings. The van der Waals surface area contributed by atoms with Crippen molar-refractivity contribution >= 4 is 22.3 Å². The Hall–Kier alpha value is -3.09. The van der Waals surface area contributed by atoms with Crippen molar-refractivity contribution < 1.29 is 14.6 Å². The zero-order chi connectivity index (χ0) is 19.8. The Morgan fingerprint density at radius 3 is 2.79 bits per heavy atom. The number of aryl methyl sites for hydroxylation is 2. The topological polar surface area (TPSA) is 88.8 Å². The van der Waals surface area contributed by atoms with Gasteiger partial charge in [0.2, 0.25) is 0 Å². The number of allylic oxidation sites excluding steroid dienone is 1. The zero-order valence-corrected chi connectivity index (χ0v) is 16.4. The van der Waals surface area contributed by atoms with Gasteiger partial charge in [-0.25, -0.2) is 9.50 Å². The van der Waals surface area contributed by atoms with Crippen LogP contribution < -0.4 is 5.32 Å². The molecule has 146 valence electrons. The Morgan fingerprint density at radius 2 is 2.11 bits per heavy atom. The van der Waals surface area contributed by atoms with Gasteiger partial charge in [-0.15, -0.1) is 0 Å². The van der Waals surface area contributed by atoms with E-state index in [0.29, 0.717) is 30.0 Å². The lowest BCUT2D eigenvalue weighted by molar-refractivity contribution is 0.0937. The van der Waals surface area contributed by atoms with Crippen LogP contribution in [0.3, 0.4) is 0 Å². The number of ether oxygens (including phenoxy) is 1. The fourth-order valence-corrected chi connectivity index (χ4v) is 3.56. The van der Waals surface area contributed by atoms with Gasteiger partial charge in [0.25, 0.3) is 5.91 Å². The van der Waals surface area contributed by atoms with E-state index in [1.54, 1.807) is 6.92 Å². The van der Waals surface area contributed by atoms with Gasteiger partial charge in [0, 0.05) is 10.8 Å². The summed E-state index contributed by atoms with van der Waals surface area (Å²) in [5.41, 5.74) is 2.96. The van der Waals surface area contributed by atoms with E-state index in [4.69, 9.17) is 4.74 Å². The molecular weight excluding hydrogens is 356 g/mol. The van der Waals surface area contributed by atoms with Gasteiger partial charge in [0.15, 0.2) is 17.1 Å². The van der Waals surface area contributed by atoms with Gasteiger partial charge in [-0.3, -0.25) is 4.79 Å². The molecule has 4 rings (SSSR count). The lowest BCUT2D eigenvalue weighted by atomic mass is 10.0. The van der Waals surface area contributed by atoms with Crippen LogP contribution in [-0.4, -0.2) is 38.8 Å². The fourth-order valence-electron chi connectivity index (χ4n) is 3.56. The molecule has 0 spiro atoms. The molecule has 1 saturated carbocycles. The van der Waals surface area contributed by atoms with Crippen LogP contribution >= 0.6 is 0 Å². The van der Waals surface area contributed by atoms with Gasteiger partial charge in [0.05, 0.1) is 13.2 Å². The number of nitrogens with one attached hydrogen (secondary N) is 1. The first kappa shape index (κ1) is 18.3. The molecular formula is C21H24N4O3. The van der Waals surface area contributed by atoms with Gasteiger partial charge >= 0.3 is 0 Å². The zero-order valence-electron chi connectivity index (χ0n) is 16.4. The molecule has 0 aliphatic heterocycles. The average molecular weight is 380 g/mol. The number of hydrogen-bond acceptors (Lipinski definition) is 5. The van der Waals surface area contributed by atoms with E-state index >= 15 is 0 Å². The van der Waals surface area contributed by atoms with Crippen LogP contribution in [0.4, 0.5) is 0 Å². The molecule has 28 heavy (non-hydrogen) atoms. The van der Waals surface area contributed by atoms with Crippen molar-refractivity contribution in [3.8, 4) is 5.75 Å². The minimum absolute atomic E-state index is 0.0859. The Bertz CT molecular complexity index is 1110. The lowest BCUT2D eigenvalue weighted by Gasteiger charge is -2.14. The van der Waals surface area contributed by atoms with E-state index < -0.39 is 5.91 Å².